The number of methoxy groups -OCH3 is 1. The van der Waals surface area contributed by atoms with E-state index in [1.54, 1.807) is 0 Å². The highest BCUT2D eigenvalue weighted by molar-refractivity contribution is 6.31. The summed E-state index contributed by atoms with van der Waals surface area (Å²) in [6.45, 7) is 2.69. The third kappa shape index (κ3) is 3.81. The van der Waals surface area contributed by atoms with Crippen molar-refractivity contribution >= 4 is 17.3 Å². The van der Waals surface area contributed by atoms with Crippen LogP contribution >= 0.6 is 0 Å². The molecule has 6 atom stereocenters. The third-order valence-corrected chi connectivity index (χ3v) is 7.72. The normalized spacial score (nSPS) is 30.3. The zero-order valence-electron chi connectivity index (χ0n) is 20.9. The number of benzene rings is 2. The molecule has 11 heteroatoms. The molecule has 0 amide bonds. The van der Waals surface area contributed by atoms with Crippen LogP contribution in [0.15, 0.2) is 18.2 Å². The number of ketones is 3. The zero-order valence-corrected chi connectivity index (χ0v) is 20.9. The fourth-order valence-electron chi connectivity index (χ4n) is 5.60. The van der Waals surface area contributed by atoms with E-state index < -0.39 is 82.7 Å². The number of aliphatic hydroxyl groups is 3. The van der Waals surface area contributed by atoms with Gasteiger partial charge in [0.25, 0.3) is 0 Å². The highest BCUT2D eigenvalue weighted by Crippen LogP contribution is 2.52. The molecule has 0 aromatic heterocycles. The molecule has 0 radical (unpaired) electrons. The van der Waals surface area contributed by atoms with Gasteiger partial charge in [0.05, 0.1) is 42.1 Å². The van der Waals surface area contributed by atoms with Crippen LogP contribution < -0.4 is 4.74 Å². The first-order valence-electron chi connectivity index (χ1n) is 12.2. The van der Waals surface area contributed by atoms with Gasteiger partial charge in [-0.25, -0.2) is 0 Å². The van der Waals surface area contributed by atoms with Gasteiger partial charge in [0, 0.05) is 36.0 Å². The van der Waals surface area contributed by atoms with Crippen molar-refractivity contribution < 1.29 is 54.1 Å². The van der Waals surface area contributed by atoms with E-state index in [2.05, 4.69) is 0 Å². The first-order chi connectivity index (χ1) is 17.9. The largest absolute Gasteiger partial charge is 0.507 e. The van der Waals surface area contributed by atoms with E-state index in [1.807, 2.05) is 0 Å². The average molecular weight is 529 g/mol. The summed E-state index contributed by atoms with van der Waals surface area (Å²) in [6, 6.07) is 4.40. The molecule has 2 aromatic carbocycles. The lowest BCUT2D eigenvalue weighted by Crippen LogP contribution is -2.49. The summed E-state index contributed by atoms with van der Waals surface area (Å²) >= 11 is 0. The van der Waals surface area contributed by atoms with E-state index in [1.165, 1.54) is 32.2 Å². The minimum atomic E-state index is -2.03. The van der Waals surface area contributed by atoms with Crippen molar-refractivity contribution in [2.45, 2.75) is 69.4 Å². The van der Waals surface area contributed by atoms with Gasteiger partial charge in [-0.05, 0) is 19.9 Å². The Bertz CT molecular complexity index is 1350. The summed E-state index contributed by atoms with van der Waals surface area (Å²) in [6.07, 6.45) is -6.53. The number of carbonyl (C=O) groups is 3. The monoisotopic (exact) mass is 528 g/mol. The molecular weight excluding hydrogens is 500 g/mol. The lowest BCUT2D eigenvalue weighted by Gasteiger charge is -2.41. The maximum atomic E-state index is 13.6. The van der Waals surface area contributed by atoms with Gasteiger partial charge in [-0.15, -0.1) is 0 Å². The van der Waals surface area contributed by atoms with Gasteiger partial charge in [-0.1, -0.05) is 12.1 Å². The van der Waals surface area contributed by atoms with Gasteiger partial charge < -0.3 is 39.7 Å². The molecule has 38 heavy (non-hydrogen) atoms. The summed E-state index contributed by atoms with van der Waals surface area (Å²) in [5.41, 5.74) is -3.22. The highest BCUT2D eigenvalue weighted by Gasteiger charge is 2.49. The highest BCUT2D eigenvalue weighted by atomic mass is 16.7. The Morgan fingerprint density at radius 3 is 2.39 bits per heavy atom. The number of hydrogen-bond acceptors (Lipinski definition) is 11. The van der Waals surface area contributed by atoms with Crippen LogP contribution in [0.5, 0.6) is 17.2 Å². The van der Waals surface area contributed by atoms with E-state index in [4.69, 9.17) is 14.2 Å². The molecule has 5 rings (SSSR count). The molecule has 0 bridgehead atoms. The van der Waals surface area contributed by atoms with Crippen LogP contribution in [0.3, 0.4) is 0 Å². The van der Waals surface area contributed by atoms with Crippen LogP contribution in [-0.4, -0.2) is 80.2 Å². The predicted molar refractivity (Wildman–Crippen MR) is 128 cm³/mol. The van der Waals surface area contributed by atoms with E-state index in [9.17, 15) is 39.9 Å². The van der Waals surface area contributed by atoms with Crippen molar-refractivity contribution in [1.82, 2.24) is 0 Å². The molecule has 1 fully saturated rings. The van der Waals surface area contributed by atoms with Gasteiger partial charge in [-0.2, -0.15) is 0 Å². The number of ether oxygens (including phenoxy) is 3. The van der Waals surface area contributed by atoms with Crippen molar-refractivity contribution in [2.75, 3.05) is 7.11 Å². The lowest BCUT2D eigenvalue weighted by atomic mass is 9.72. The molecule has 202 valence electrons. The molecule has 0 saturated carbocycles. The van der Waals surface area contributed by atoms with E-state index >= 15 is 0 Å². The van der Waals surface area contributed by atoms with E-state index in [0.29, 0.717) is 0 Å². The van der Waals surface area contributed by atoms with Crippen LogP contribution in [-0.2, 0) is 20.7 Å². The second-order valence-corrected chi connectivity index (χ2v) is 10.0. The lowest BCUT2D eigenvalue weighted by molar-refractivity contribution is -0.265. The molecule has 1 aliphatic heterocycles. The van der Waals surface area contributed by atoms with Crippen molar-refractivity contribution in [3.8, 4) is 17.2 Å². The minimum absolute atomic E-state index is 0.0286. The second kappa shape index (κ2) is 9.14. The molecule has 2 aromatic rings. The summed E-state index contributed by atoms with van der Waals surface area (Å²) in [4.78, 5) is 39.5. The van der Waals surface area contributed by atoms with Crippen molar-refractivity contribution in [1.29, 1.82) is 0 Å². The number of rotatable bonds is 4. The summed E-state index contributed by atoms with van der Waals surface area (Å²) < 4.78 is 16.9. The Morgan fingerprint density at radius 1 is 1.08 bits per heavy atom. The SMILES string of the molecule is COc1cccc2c1C(=O)c1c(O)c3c(c(O)c1C2=O)C[C@@](O)(C(C)=O)C[C@@H]3O[C@@H]1C[C@H](O)[C@H](O)[C@@H](C)O1. The maximum absolute atomic E-state index is 13.6. The van der Waals surface area contributed by atoms with Gasteiger partial charge in [0.15, 0.2) is 17.9 Å². The Balaban J connectivity index is 1.68. The standard InChI is InChI=1S/C27H28O11/c1-10-22(30)14(29)7-17(37-10)38-16-9-27(35,11(2)28)8-13-19(16)26(34)21-20(24(13)32)23(31)12-5-4-6-15(36-3)18(12)25(21)33/h4-6,10,14,16-17,22,29-30,32,34-35H,7-9H2,1-3H3/t10-,14+,16+,17-,22-,27+/m1/s1. The molecule has 2 aliphatic carbocycles. The van der Waals surface area contributed by atoms with Crippen molar-refractivity contribution in [3.63, 3.8) is 0 Å². The average Bonchev–Trinajstić information content (AvgIpc) is 2.87. The summed E-state index contributed by atoms with van der Waals surface area (Å²) in [7, 11) is 1.33. The van der Waals surface area contributed by atoms with Crippen LogP contribution in [0.2, 0.25) is 0 Å². The van der Waals surface area contributed by atoms with Gasteiger partial charge in [0.1, 0.15) is 29.0 Å². The number of phenolic OH excluding ortho intramolecular Hbond substituents is 2. The molecule has 1 saturated heterocycles. The Morgan fingerprint density at radius 2 is 1.76 bits per heavy atom. The second-order valence-electron chi connectivity index (χ2n) is 10.0. The van der Waals surface area contributed by atoms with Gasteiger partial charge >= 0.3 is 0 Å². The summed E-state index contributed by atoms with van der Waals surface area (Å²) in [5, 5.41) is 54.1. The first kappa shape index (κ1) is 26.3. The van der Waals surface area contributed by atoms with Gasteiger partial charge in [-0.3, -0.25) is 14.4 Å². The Kier molecular flexibility index (Phi) is 6.32. The van der Waals surface area contributed by atoms with Crippen molar-refractivity contribution in [2.24, 2.45) is 0 Å². The topological polar surface area (TPSA) is 180 Å². The van der Waals surface area contributed by atoms with Gasteiger partial charge in [0.2, 0.25) is 5.78 Å². The zero-order chi connectivity index (χ0) is 27.7. The molecule has 0 spiro atoms. The predicted octanol–water partition coefficient (Wildman–Crippen LogP) is 1.06. The fourth-order valence-corrected chi connectivity index (χ4v) is 5.60. The number of carbonyl (C=O) groups excluding carboxylic acids is 3. The molecule has 0 unspecified atom stereocenters. The van der Waals surface area contributed by atoms with E-state index in [-0.39, 0.29) is 40.8 Å². The van der Waals surface area contributed by atoms with Crippen LogP contribution in [0.4, 0.5) is 0 Å². The molecular formula is C27H28O11. The number of phenols is 2. The minimum Gasteiger partial charge on any atom is -0.507 e. The number of hydrogen-bond donors (Lipinski definition) is 5. The Labute approximate surface area is 217 Å². The molecule has 11 nitrogen and oxygen atoms in total. The molecule has 3 aliphatic rings. The van der Waals surface area contributed by atoms with Crippen LogP contribution in [0.25, 0.3) is 0 Å². The molecule has 5 N–H and O–H groups in total. The number of fused-ring (bicyclic) bond motifs is 3. The third-order valence-electron chi connectivity index (χ3n) is 7.72. The number of aromatic hydroxyl groups is 2. The quantitative estimate of drug-likeness (QED) is 0.306. The fraction of sp³-hybridized carbons (Fsp3) is 0.444. The molecule has 1 heterocycles. The number of aliphatic hydroxyl groups excluding tert-OH is 2. The van der Waals surface area contributed by atoms with Crippen LogP contribution in [0, 0.1) is 0 Å². The summed E-state index contributed by atoms with van der Waals surface area (Å²) in [5.74, 6) is -3.31. The Hall–Kier alpha value is -3.35. The first-order valence-corrected chi connectivity index (χ1v) is 12.2. The van der Waals surface area contributed by atoms with Crippen molar-refractivity contribution in [3.05, 3.63) is 51.6 Å². The van der Waals surface area contributed by atoms with E-state index in [0.717, 1.165) is 6.92 Å². The maximum Gasteiger partial charge on any atom is 0.202 e. The smallest absolute Gasteiger partial charge is 0.202 e. The number of Topliss-reactive ketones (excluding diaryl/α,β-unsaturated/α-hetero) is 1. The van der Waals surface area contributed by atoms with Crippen LogP contribution in [0.1, 0.15) is 75.8 Å².